The molecule has 3 aromatic carbocycles. The molecule has 1 unspecified atom stereocenters. The Labute approximate surface area is 216 Å². The van der Waals surface area contributed by atoms with E-state index in [1.54, 1.807) is 36.4 Å². The highest BCUT2D eigenvalue weighted by Gasteiger charge is 2.26. The Morgan fingerprint density at radius 1 is 1.03 bits per heavy atom. The minimum absolute atomic E-state index is 0.0716. The van der Waals surface area contributed by atoms with E-state index in [0.29, 0.717) is 40.4 Å². The van der Waals surface area contributed by atoms with Crippen LogP contribution in [0.25, 0.3) is 0 Å². The number of likely N-dealkylation sites (N-methyl/N-ethyl adjacent to an activating group) is 1. The molecule has 1 fully saturated rings. The third-order valence-electron chi connectivity index (χ3n) is 6.21. The second-order valence-corrected chi connectivity index (χ2v) is 9.53. The highest BCUT2D eigenvalue weighted by Crippen LogP contribution is 2.25. The summed E-state index contributed by atoms with van der Waals surface area (Å²) in [6.07, 6.45) is 2.19. The molecule has 36 heavy (non-hydrogen) atoms. The van der Waals surface area contributed by atoms with Crippen molar-refractivity contribution in [3.05, 3.63) is 88.9 Å². The normalized spacial score (nSPS) is 15.7. The van der Waals surface area contributed by atoms with E-state index in [2.05, 4.69) is 10.2 Å². The van der Waals surface area contributed by atoms with E-state index in [1.807, 2.05) is 48.3 Å². The van der Waals surface area contributed by atoms with E-state index in [0.717, 1.165) is 38.0 Å². The lowest BCUT2D eigenvalue weighted by atomic mass is 10.1. The molecule has 7 nitrogen and oxygen atoms in total. The van der Waals surface area contributed by atoms with Crippen molar-refractivity contribution in [3.63, 3.8) is 0 Å². The van der Waals surface area contributed by atoms with Crippen molar-refractivity contribution < 1.29 is 19.4 Å². The van der Waals surface area contributed by atoms with Crippen LogP contribution in [0.3, 0.4) is 0 Å². The highest BCUT2D eigenvalue weighted by molar-refractivity contribution is 6.30. The molecule has 188 valence electrons. The average molecular weight is 508 g/mol. The van der Waals surface area contributed by atoms with Gasteiger partial charge in [-0.1, -0.05) is 23.7 Å². The summed E-state index contributed by atoms with van der Waals surface area (Å²) in [5, 5.41) is 12.7. The zero-order valence-corrected chi connectivity index (χ0v) is 20.9. The number of hydrogen-bond donors (Lipinski definition) is 2. The maximum atomic E-state index is 12.6. The van der Waals surface area contributed by atoms with Crippen LogP contribution in [0.1, 0.15) is 28.8 Å². The van der Waals surface area contributed by atoms with Crippen LogP contribution in [0, 0.1) is 0 Å². The SMILES string of the molecule is CN(CC(=O)Nc1ccc(Oc2ccc(Cl)cc2)cc1)CC1CCCN1Cc1ccc(C(=O)O)cc1. The molecule has 4 rings (SSSR count). The van der Waals surface area contributed by atoms with Gasteiger partial charge in [0.05, 0.1) is 12.1 Å². The van der Waals surface area contributed by atoms with Crippen molar-refractivity contribution in [3.8, 4) is 11.5 Å². The number of anilines is 1. The molecule has 2 N–H and O–H groups in total. The summed E-state index contributed by atoms with van der Waals surface area (Å²) in [5.41, 5.74) is 2.10. The van der Waals surface area contributed by atoms with Gasteiger partial charge in [-0.05, 0) is 92.7 Å². The van der Waals surface area contributed by atoms with Gasteiger partial charge >= 0.3 is 5.97 Å². The fourth-order valence-corrected chi connectivity index (χ4v) is 4.54. The Hall–Kier alpha value is -3.39. The van der Waals surface area contributed by atoms with Crippen molar-refractivity contribution >= 4 is 29.2 Å². The summed E-state index contributed by atoms with van der Waals surface area (Å²) in [6, 6.07) is 21.8. The Bertz CT molecular complexity index is 1170. The first-order chi connectivity index (χ1) is 17.4. The van der Waals surface area contributed by atoms with Crippen LogP contribution in [0.5, 0.6) is 11.5 Å². The molecule has 1 atom stereocenters. The number of benzene rings is 3. The number of nitrogens with one attached hydrogen (secondary N) is 1. The second kappa shape index (κ2) is 12.0. The van der Waals surface area contributed by atoms with Crippen molar-refractivity contribution in [1.29, 1.82) is 0 Å². The van der Waals surface area contributed by atoms with Gasteiger partial charge in [0.2, 0.25) is 5.91 Å². The molecule has 0 aliphatic carbocycles. The third-order valence-corrected chi connectivity index (χ3v) is 6.46. The van der Waals surface area contributed by atoms with Gasteiger partial charge in [-0.3, -0.25) is 14.6 Å². The topological polar surface area (TPSA) is 82.1 Å². The lowest BCUT2D eigenvalue weighted by Crippen LogP contribution is -2.41. The zero-order chi connectivity index (χ0) is 25.5. The van der Waals surface area contributed by atoms with Gasteiger partial charge in [0.1, 0.15) is 11.5 Å². The van der Waals surface area contributed by atoms with Crippen LogP contribution in [-0.2, 0) is 11.3 Å². The van der Waals surface area contributed by atoms with Crippen LogP contribution < -0.4 is 10.1 Å². The smallest absolute Gasteiger partial charge is 0.335 e. The predicted molar refractivity (Wildman–Crippen MR) is 141 cm³/mol. The zero-order valence-electron chi connectivity index (χ0n) is 20.2. The molecule has 0 spiro atoms. The van der Waals surface area contributed by atoms with Crippen LogP contribution in [0.2, 0.25) is 5.02 Å². The van der Waals surface area contributed by atoms with Gasteiger partial charge in [0.25, 0.3) is 0 Å². The predicted octanol–water partition coefficient (Wildman–Crippen LogP) is 5.37. The van der Waals surface area contributed by atoms with Gasteiger partial charge in [0, 0.05) is 29.8 Å². The lowest BCUT2D eigenvalue weighted by Gasteiger charge is -2.28. The number of nitrogens with zero attached hydrogens (tertiary/aromatic N) is 2. The Morgan fingerprint density at radius 3 is 2.31 bits per heavy atom. The fourth-order valence-electron chi connectivity index (χ4n) is 4.41. The van der Waals surface area contributed by atoms with Gasteiger partial charge in [0.15, 0.2) is 0 Å². The van der Waals surface area contributed by atoms with Gasteiger partial charge in [-0.25, -0.2) is 4.79 Å². The van der Waals surface area contributed by atoms with Crippen molar-refractivity contribution in [2.45, 2.75) is 25.4 Å². The summed E-state index contributed by atoms with van der Waals surface area (Å²) in [4.78, 5) is 28.1. The minimum Gasteiger partial charge on any atom is -0.478 e. The fraction of sp³-hybridized carbons (Fsp3) is 0.286. The van der Waals surface area contributed by atoms with E-state index in [9.17, 15) is 9.59 Å². The Morgan fingerprint density at radius 2 is 1.67 bits per heavy atom. The molecular formula is C28H30ClN3O4. The first kappa shape index (κ1) is 25.7. The number of carboxylic acid groups (broad SMARTS) is 1. The molecule has 8 heteroatoms. The maximum Gasteiger partial charge on any atom is 0.335 e. The Kier molecular flexibility index (Phi) is 8.59. The second-order valence-electron chi connectivity index (χ2n) is 9.09. The number of halogens is 1. The Balaban J connectivity index is 1.24. The number of likely N-dealkylation sites (tertiary alicyclic amines) is 1. The summed E-state index contributed by atoms with van der Waals surface area (Å²) in [6.45, 7) is 2.85. The number of hydrogen-bond acceptors (Lipinski definition) is 5. The lowest BCUT2D eigenvalue weighted by molar-refractivity contribution is -0.117. The molecule has 0 aromatic heterocycles. The highest BCUT2D eigenvalue weighted by atomic mass is 35.5. The maximum absolute atomic E-state index is 12.6. The molecule has 0 radical (unpaired) electrons. The number of aromatic carboxylic acids is 1. The van der Waals surface area contributed by atoms with E-state index < -0.39 is 5.97 Å². The largest absolute Gasteiger partial charge is 0.478 e. The van der Waals surface area contributed by atoms with E-state index in [-0.39, 0.29) is 5.91 Å². The third kappa shape index (κ3) is 7.31. The van der Waals surface area contributed by atoms with E-state index >= 15 is 0 Å². The quantitative estimate of drug-likeness (QED) is 0.384. The van der Waals surface area contributed by atoms with Crippen molar-refractivity contribution in [1.82, 2.24) is 9.80 Å². The standard InChI is InChI=1S/C28H30ClN3O4/c1-31(18-24-3-2-16-32(24)17-20-4-6-21(7-5-20)28(34)35)19-27(33)30-23-10-14-26(15-11-23)36-25-12-8-22(29)9-13-25/h4-15,24H,2-3,16-19H2,1H3,(H,30,33)(H,34,35). The number of carbonyl (C=O) groups excluding carboxylic acids is 1. The van der Waals surface area contributed by atoms with Crippen LogP contribution >= 0.6 is 11.6 Å². The van der Waals surface area contributed by atoms with Gasteiger partial charge < -0.3 is 15.2 Å². The summed E-state index contributed by atoms with van der Waals surface area (Å²) >= 11 is 5.90. The first-order valence-corrected chi connectivity index (χ1v) is 12.3. The number of carboxylic acids is 1. The van der Waals surface area contributed by atoms with E-state index in [1.165, 1.54) is 0 Å². The number of rotatable bonds is 10. The molecule has 1 aliphatic rings. The average Bonchev–Trinajstić information content (AvgIpc) is 3.28. The number of carbonyl (C=O) groups is 2. The molecule has 1 saturated heterocycles. The van der Waals surface area contributed by atoms with E-state index in [4.69, 9.17) is 21.4 Å². The monoisotopic (exact) mass is 507 g/mol. The molecule has 0 bridgehead atoms. The molecular weight excluding hydrogens is 478 g/mol. The van der Waals surface area contributed by atoms with Crippen molar-refractivity contribution in [2.75, 3.05) is 32.0 Å². The first-order valence-electron chi connectivity index (χ1n) is 11.9. The molecule has 3 aromatic rings. The number of amides is 1. The van der Waals surface area contributed by atoms with Crippen LogP contribution in [-0.4, -0.2) is 59.5 Å². The molecule has 1 amide bonds. The van der Waals surface area contributed by atoms with Gasteiger partial charge in [-0.15, -0.1) is 0 Å². The van der Waals surface area contributed by atoms with Crippen LogP contribution in [0.4, 0.5) is 5.69 Å². The summed E-state index contributed by atoms with van der Waals surface area (Å²) in [7, 11) is 1.96. The van der Waals surface area contributed by atoms with Crippen molar-refractivity contribution in [2.24, 2.45) is 0 Å². The molecule has 1 aliphatic heterocycles. The summed E-state index contributed by atoms with van der Waals surface area (Å²) < 4.78 is 5.79. The number of ether oxygens (including phenoxy) is 1. The minimum atomic E-state index is -0.914. The molecule has 1 heterocycles. The molecule has 0 saturated carbocycles. The van der Waals surface area contributed by atoms with Crippen LogP contribution in [0.15, 0.2) is 72.8 Å². The van der Waals surface area contributed by atoms with Gasteiger partial charge in [-0.2, -0.15) is 0 Å². The summed E-state index contributed by atoms with van der Waals surface area (Å²) in [5.74, 6) is 0.378.